The Labute approximate surface area is 312 Å². The van der Waals surface area contributed by atoms with Crippen LogP contribution in [0.2, 0.25) is 0 Å². The number of fused-ring (bicyclic) bond motifs is 10. The summed E-state index contributed by atoms with van der Waals surface area (Å²) < 4.78 is 4.79. The van der Waals surface area contributed by atoms with Crippen molar-refractivity contribution in [1.82, 2.24) is 0 Å². The van der Waals surface area contributed by atoms with Gasteiger partial charge in [0, 0.05) is 0 Å². The molecule has 0 atom stereocenters. The largest absolute Gasteiger partial charge is 1.00 e. The van der Waals surface area contributed by atoms with Gasteiger partial charge in [-0.25, -0.2) is 0 Å². The minimum atomic E-state index is -2.90. The Morgan fingerprint density at radius 2 is 0.760 bits per heavy atom. The van der Waals surface area contributed by atoms with Crippen molar-refractivity contribution >= 4 is 52.9 Å². The van der Waals surface area contributed by atoms with E-state index < -0.39 is 21.3 Å². The Hall–Kier alpha value is -4.39. The second-order valence-electron chi connectivity index (χ2n) is 13.1. The van der Waals surface area contributed by atoms with Crippen molar-refractivity contribution in [1.29, 1.82) is 0 Å². The van der Waals surface area contributed by atoms with Gasteiger partial charge in [-0.1, -0.05) is 0 Å². The smallest absolute Gasteiger partial charge is 1.00 e. The predicted molar refractivity (Wildman–Crippen MR) is 202 cm³/mol. The van der Waals surface area contributed by atoms with Gasteiger partial charge in [0.1, 0.15) is 0 Å². The van der Waals surface area contributed by atoms with E-state index in [2.05, 4.69) is 170 Å². The molecule has 0 fully saturated rings. The molecule has 0 aromatic heterocycles. The Morgan fingerprint density at radius 3 is 1.22 bits per heavy atom. The van der Waals surface area contributed by atoms with Crippen LogP contribution in [-0.4, -0.2) is 3.21 Å². The van der Waals surface area contributed by atoms with Crippen molar-refractivity contribution in [3.8, 4) is 0 Å². The molecule has 238 valence electrons. The predicted octanol–water partition coefficient (Wildman–Crippen LogP) is 5.69. The maximum absolute atomic E-state index is 2.90. The average molecular weight is 759 g/mol. The van der Waals surface area contributed by atoms with E-state index in [0.29, 0.717) is 0 Å². The molecule has 8 aromatic carbocycles. The molecule has 0 aliphatic heterocycles. The molecule has 0 heterocycles. The summed E-state index contributed by atoms with van der Waals surface area (Å²) in [5.41, 5.74) is 8.66. The molecule has 0 saturated heterocycles. The summed E-state index contributed by atoms with van der Waals surface area (Å²) in [7, 11) is 0. The third-order valence-electron chi connectivity index (χ3n) is 10.5. The molecular formula is C47H32Cl2Zr. The third-order valence-corrected chi connectivity index (χ3v) is 18.2. The summed E-state index contributed by atoms with van der Waals surface area (Å²) >= 11 is -2.90. The fourth-order valence-electron chi connectivity index (χ4n) is 8.45. The van der Waals surface area contributed by atoms with Crippen LogP contribution in [0, 0.1) is 0 Å². The van der Waals surface area contributed by atoms with E-state index in [9.17, 15) is 0 Å². The Kier molecular flexibility index (Phi) is 8.78. The summed E-state index contributed by atoms with van der Waals surface area (Å²) in [5.74, 6) is 0. The summed E-state index contributed by atoms with van der Waals surface area (Å²) in [5, 5.41) is 10.9. The first-order valence-electron chi connectivity index (χ1n) is 17.0. The minimum Gasteiger partial charge on any atom is -1.00 e. The number of hydrogen-bond acceptors (Lipinski definition) is 0. The van der Waals surface area contributed by atoms with Crippen molar-refractivity contribution in [2.75, 3.05) is 0 Å². The van der Waals surface area contributed by atoms with Gasteiger partial charge in [0.05, 0.1) is 0 Å². The summed E-state index contributed by atoms with van der Waals surface area (Å²) in [6, 6.07) is 59.2. The quantitative estimate of drug-likeness (QED) is 0.203. The fourth-order valence-corrected chi connectivity index (χ4v) is 16.7. The van der Waals surface area contributed by atoms with Crippen molar-refractivity contribution < 1.29 is 46.1 Å². The molecule has 0 bridgehead atoms. The van der Waals surface area contributed by atoms with Gasteiger partial charge in [0.15, 0.2) is 0 Å². The van der Waals surface area contributed by atoms with E-state index in [1.165, 1.54) is 76.5 Å². The van der Waals surface area contributed by atoms with E-state index in [0.717, 1.165) is 12.8 Å². The van der Waals surface area contributed by atoms with Crippen LogP contribution in [0.1, 0.15) is 33.4 Å². The van der Waals surface area contributed by atoms with Gasteiger partial charge in [0.2, 0.25) is 0 Å². The standard InChI is InChI=1S/2C17H11.C13H10.2ClH.Zr/c2*1-2-6-15-12(4-1)8-10-14-11-9-13-5-3-7-16(13)17(14)15;1-3-7-12(8-4-1)11-13-9-5-2-6-10-13;;;/h2*1-4,6,8-11H,7H2;1-10H;2*1H;/q;;;;;+2/p-2. The molecule has 0 unspecified atom stereocenters. The number of hydrogen-bond donors (Lipinski definition) is 0. The van der Waals surface area contributed by atoms with Gasteiger partial charge in [-0.05, 0) is 0 Å². The second kappa shape index (κ2) is 13.4. The molecule has 50 heavy (non-hydrogen) atoms. The Morgan fingerprint density at radius 1 is 0.380 bits per heavy atom. The zero-order valence-corrected chi connectivity index (χ0v) is 31.3. The van der Waals surface area contributed by atoms with Gasteiger partial charge in [-0.2, -0.15) is 0 Å². The molecule has 0 saturated carbocycles. The molecule has 0 nitrogen and oxygen atoms in total. The maximum Gasteiger partial charge on any atom is -1.00 e. The first-order valence-corrected chi connectivity index (χ1v) is 20.7. The third kappa shape index (κ3) is 5.18. The molecule has 10 rings (SSSR count). The molecule has 0 spiro atoms. The summed E-state index contributed by atoms with van der Waals surface area (Å²) in [4.78, 5) is 0. The van der Waals surface area contributed by atoms with Gasteiger partial charge in [0.25, 0.3) is 0 Å². The molecular weight excluding hydrogens is 727 g/mol. The number of allylic oxidation sites excluding steroid dienone is 2. The molecule has 0 amide bonds. The average Bonchev–Trinajstić information content (AvgIpc) is 3.79. The molecule has 0 N–H and O–H groups in total. The van der Waals surface area contributed by atoms with E-state index in [1.54, 1.807) is 9.77 Å². The van der Waals surface area contributed by atoms with E-state index in [1.807, 2.05) is 0 Å². The van der Waals surface area contributed by atoms with Crippen LogP contribution in [0.4, 0.5) is 0 Å². The normalized spacial score (nSPS) is 12.8. The first kappa shape index (κ1) is 32.8. The SMILES string of the molecule is C1=[C]([Zr+2]([C]2=CCc3c2ccc2ccc4ccccc4c32)=[C](c2ccccc2)c2ccccc2)c2ccc3ccc4ccccc4c3c2C1.[Cl-].[Cl-]. The van der Waals surface area contributed by atoms with Gasteiger partial charge < -0.3 is 24.8 Å². The van der Waals surface area contributed by atoms with Crippen LogP contribution in [-0.2, 0) is 34.1 Å². The van der Waals surface area contributed by atoms with Crippen LogP contribution < -0.4 is 24.8 Å². The molecule has 0 radical (unpaired) electrons. The topological polar surface area (TPSA) is 0 Å². The van der Waals surface area contributed by atoms with E-state index in [-0.39, 0.29) is 24.8 Å². The van der Waals surface area contributed by atoms with E-state index >= 15 is 0 Å². The van der Waals surface area contributed by atoms with Crippen LogP contribution in [0.3, 0.4) is 0 Å². The van der Waals surface area contributed by atoms with Crippen molar-refractivity contribution in [3.63, 3.8) is 0 Å². The molecule has 3 heteroatoms. The summed E-state index contributed by atoms with van der Waals surface area (Å²) in [6.07, 6.45) is 7.22. The van der Waals surface area contributed by atoms with Crippen molar-refractivity contribution in [3.05, 3.63) is 203 Å². The number of rotatable bonds is 4. The van der Waals surface area contributed by atoms with Crippen molar-refractivity contribution in [2.45, 2.75) is 12.8 Å². The van der Waals surface area contributed by atoms with Crippen molar-refractivity contribution in [2.24, 2.45) is 0 Å². The zero-order valence-electron chi connectivity index (χ0n) is 27.3. The number of halogens is 2. The van der Waals surface area contributed by atoms with Gasteiger partial charge >= 0.3 is 290 Å². The number of benzene rings is 8. The van der Waals surface area contributed by atoms with E-state index in [4.69, 9.17) is 0 Å². The Bertz CT molecular complexity index is 2520. The molecule has 2 aliphatic rings. The van der Waals surface area contributed by atoms with Gasteiger partial charge in [-0.15, -0.1) is 0 Å². The fraction of sp³-hybridized carbons (Fsp3) is 0.0426. The Balaban J connectivity index is 0.00000180. The van der Waals surface area contributed by atoms with Crippen LogP contribution in [0.25, 0.3) is 49.7 Å². The molecule has 8 aromatic rings. The van der Waals surface area contributed by atoms with Crippen LogP contribution in [0.5, 0.6) is 0 Å². The minimum absolute atomic E-state index is 0. The van der Waals surface area contributed by atoms with Crippen LogP contribution in [0.15, 0.2) is 170 Å². The molecule has 2 aliphatic carbocycles. The first-order chi connectivity index (χ1) is 23.8. The summed E-state index contributed by atoms with van der Waals surface area (Å²) in [6.45, 7) is 0. The monoisotopic (exact) mass is 756 g/mol. The van der Waals surface area contributed by atoms with Crippen LogP contribution >= 0.6 is 0 Å². The second-order valence-corrected chi connectivity index (χ2v) is 18.8. The zero-order chi connectivity index (χ0) is 31.6. The maximum atomic E-state index is 2.63. The van der Waals surface area contributed by atoms with Gasteiger partial charge in [-0.3, -0.25) is 0 Å².